The summed E-state index contributed by atoms with van der Waals surface area (Å²) >= 11 is 0. The van der Waals surface area contributed by atoms with Crippen molar-refractivity contribution in [2.24, 2.45) is 0 Å². The molecule has 3 heterocycles. The molecular formula is C23H41N6P. The maximum absolute atomic E-state index is 4.93. The summed E-state index contributed by atoms with van der Waals surface area (Å²) in [5, 5.41) is 10.3. The van der Waals surface area contributed by atoms with Gasteiger partial charge in [0.05, 0.1) is 0 Å². The molecule has 168 valence electrons. The molecule has 0 radical (unpaired) electrons. The molecule has 0 amide bonds. The van der Waals surface area contributed by atoms with Crippen molar-refractivity contribution in [3.8, 4) is 0 Å². The second kappa shape index (κ2) is 11.4. The van der Waals surface area contributed by atoms with E-state index >= 15 is 0 Å². The van der Waals surface area contributed by atoms with E-state index in [0.29, 0.717) is 11.6 Å². The molecule has 0 spiro atoms. The molecule has 2 aliphatic rings. The first-order chi connectivity index (χ1) is 14.6. The van der Waals surface area contributed by atoms with Crippen LogP contribution in [0.3, 0.4) is 0 Å². The van der Waals surface area contributed by atoms with Crippen LogP contribution in [0.2, 0.25) is 0 Å². The number of aryl methyl sites for hydroxylation is 1. The molecule has 1 aromatic heterocycles. The number of fused-ring (bicyclic) bond motifs is 1. The standard InChI is InChI=1S/C23H41N6P/c1-5-19(28-30-4)10-6-7-15-25-22-18(2)21(24-3)26-20(27-22)11-14-23-12-8-16-29(23)17-9-13-23/h19,28H,4-17H2,1-3H3,(H2,24,25,26,27). The van der Waals surface area contributed by atoms with E-state index in [0.717, 1.165) is 57.2 Å². The van der Waals surface area contributed by atoms with Gasteiger partial charge in [0.1, 0.15) is 17.5 Å². The maximum Gasteiger partial charge on any atom is 0.134 e. The molecule has 2 saturated heterocycles. The lowest BCUT2D eigenvalue weighted by Gasteiger charge is -2.32. The van der Waals surface area contributed by atoms with E-state index in [2.05, 4.69) is 40.8 Å². The summed E-state index contributed by atoms with van der Waals surface area (Å²) < 4.78 is 0. The molecule has 7 heteroatoms. The molecule has 0 aromatic carbocycles. The van der Waals surface area contributed by atoms with Crippen LogP contribution in [0, 0.1) is 6.92 Å². The zero-order valence-electron chi connectivity index (χ0n) is 19.3. The van der Waals surface area contributed by atoms with Crippen molar-refractivity contribution >= 4 is 26.3 Å². The Hall–Kier alpha value is -1.23. The highest BCUT2D eigenvalue weighted by atomic mass is 31.1. The highest BCUT2D eigenvalue weighted by Crippen LogP contribution is 2.41. The number of rotatable bonds is 13. The Morgan fingerprint density at radius 3 is 2.57 bits per heavy atom. The average Bonchev–Trinajstić information content (AvgIpc) is 3.33. The lowest BCUT2D eigenvalue weighted by molar-refractivity contribution is 0.181. The topological polar surface area (TPSA) is 65.1 Å². The first kappa shape index (κ1) is 23.4. The van der Waals surface area contributed by atoms with Gasteiger partial charge in [0.25, 0.3) is 0 Å². The van der Waals surface area contributed by atoms with Crippen LogP contribution in [0.4, 0.5) is 11.6 Å². The highest BCUT2D eigenvalue weighted by Gasteiger charge is 2.43. The van der Waals surface area contributed by atoms with Gasteiger partial charge in [0.15, 0.2) is 0 Å². The maximum atomic E-state index is 4.93. The van der Waals surface area contributed by atoms with E-state index in [-0.39, 0.29) is 0 Å². The van der Waals surface area contributed by atoms with E-state index in [1.165, 1.54) is 58.0 Å². The molecule has 6 nitrogen and oxygen atoms in total. The molecular weight excluding hydrogens is 391 g/mol. The van der Waals surface area contributed by atoms with Crippen LogP contribution in [0.25, 0.3) is 0 Å². The van der Waals surface area contributed by atoms with E-state index in [4.69, 9.17) is 9.97 Å². The van der Waals surface area contributed by atoms with Crippen LogP contribution in [0.15, 0.2) is 0 Å². The van der Waals surface area contributed by atoms with Gasteiger partial charge in [-0.05, 0) is 79.7 Å². The monoisotopic (exact) mass is 432 g/mol. The fourth-order valence-corrected chi connectivity index (χ4v) is 5.85. The number of unbranched alkanes of at least 4 members (excludes halogenated alkanes) is 1. The minimum absolute atomic E-state index is 0.430. The molecule has 30 heavy (non-hydrogen) atoms. The van der Waals surface area contributed by atoms with Gasteiger partial charge in [-0.2, -0.15) is 0 Å². The van der Waals surface area contributed by atoms with E-state index in [1.54, 1.807) is 0 Å². The summed E-state index contributed by atoms with van der Waals surface area (Å²) in [7, 11) is 2.99. The quantitative estimate of drug-likeness (QED) is 0.312. The van der Waals surface area contributed by atoms with Gasteiger partial charge in [-0.1, -0.05) is 19.6 Å². The smallest absolute Gasteiger partial charge is 0.134 e. The van der Waals surface area contributed by atoms with Gasteiger partial charge >= 0.3 is 0 Å². The SMILES string of the molecule is C=PNC(CC)CCCCNc1nc(CCC23CCCN2CCC3)nc(NC)c1C. The Morgan fingerprint density at radius 2 is 1.90 bits per heavy atom. The predicted octanol–water partition coefficient (Wildman–Crippen LogP) is 4.63. The summed E-state index contributed by atoms with van der Waals surface area (Å²) in [6, 6.07) is 0.581. The lowest BCUT2D eigenvalue weighted by atomic mass is 9.89. The third kappa shape index (κ3) is 5.72. The Bertz CT molecular complexity index is 685. The molecule has 3 rings (SSSR count). The van der Waals surface area contributed by atoms with Crippen molar-refractivity contribution in [3.63, 3.8) is 0 Å². The van der Waals surface area contributed by atoms with Gasteiger partial charge in [0.2, 0.25) is 0 Å². The van der Waals surface area contributed by atoms with Crippen LogP contribution in [-0.2, 0) is 6.42 Å². The van der Waals surface area contributed by atoms with Crippen molar-refractivity contribution in [2.75, 3.05) is 37.3 Å². The lowest BCUT2D eigenvalue weighted by Crippen LogP contribution is -2.38. The fourth-order valence-electron chi connectivity index (χ4n) is 5.28. The minimum Gasteiger partial charge on any atom is -0.373 e. The Kier molecular flexibility index (Phi) is 8.91. The summed E-state index contributed by atoms with van der Waals surface area (Å²) in [5.74, 6) is 2.93. The second-order valence-electron chi connectivity index (χ2n) is 8.95. The van der Waals surface area contributed by atoms with Gasteiger partial charge in [-0.15, -0.1) is 0 Å². The summed E-state index contributed by atoms with van der Waals surface area (Å²) in [5.41, 5.74) is 1.55. The fraction of sp³-hybridized carbons (Fsp3) is 0.783. The van der Waals surface area contributed by atoms with Crippen molar-refractivity contribution in [2.45, 2.75) is 89.6 Å². The molecule has 2 aliphatic heterocycles. The summed E-state index contributed by atoms with van der Waals surface area (Å²) in [6.45, 7) is 7.87. The Morgan fingerprint density at radius 1 is 1.17 bits per heavy atom. The molecule has 2 fully saturated rings. The van der Waals surface area contributed by atoms with Crippen molar-refractivity contribution < 1.29 is 0 Å². The third-order valence-corrected chi connectivity index (χ3v) is 7.64. The molecule has 0 bridgehead atoms. The van der Waals surface area contributed by atoms with Crippen LogP contribution in [0.1, 0.15) is 76.1 Å². The van der Waals surface area contributed by atoms with Crippen LogP contribution >= 0.6 is 8.35 Å². The highest BCUT2D eigenvalue weighted by molar-refractivity contribution is 7.34. The zero-order chi connectivity index (χ0) is 21.4. The molecule has 3 N–H and O–H groups in total. The van der Waals surface area contributed by atoms with Gasteiger partial charge in [-0.25, -0.2) is 9.97 Å². The third-order valence-electron chi connectivity index (χ3n) is 7.09. The molecule has 1 aromatic rings. The zero-order valence-corrected chi connectivity index (χ0v) is 20.2. The van der Waals surface area contributed by atoms with Crippen LogP contribution in [0.5, 0.6) is 0 Å². The first-order valence-corrected chi connectivity index (χ1v) is 13.0. The molecule has 0 aliphatic carbocycles. The van der Waals surface area contributed by atoms with Gasteiger partial charge < -0.3 is 10.6 Å². The number of hydrogen-bond donors (Lipinski definition) is 3. The number of nitrogens with zero attached hydrogens (tertiary/aromatic N) is 3. The van der Waals surface area contributed by atoms with E-state index < -0.39 is 0 Å². The summed E-state index contributed by atoms with van der Waals surface area (Å²) in [6.07, 6.45) is 16.2. The number of anilines is 2. The Balaban J connectivity index is 1.55. The summed E-state index contributed by atoms with van der Waals surface area (Å²) in [4.78, 5) is 12.5. The number of nitrogens with one attached hydrogen (secondary N) is 3. The average molecular weight is 433 g/mol. The van der Waals surface area contributed by atoms with Gasteiger partial charge in [0, 0.05) is 37.2 Å². The van der Waals surface area contributed by atoms with Crippen molar-refractivity contribution in [1.82, 2.24) is 20.0 Å². The minimum atomic E-state index is 0.430. The first-order valence-electron chi connectivity index (χ1n) is 11.9. The molecule has 1 unspecified atom stereocenters. The predicted molar refractivity (Wildman–Crippen MR) is 131 cm³/mol. The van der Waals surface area contributed by atoms with E-state index in [1.807, 2.05) is 7.05 Å². The van der Waals surface area contributed by atoms with Crippen LogP contribution < -0.4 is 15.7 Å². The molecule has 0 saturated carbocycles. The van der Waals surface area contributed by atoms with E-state index in [9.17, 15) is 0 Å². The number of aromatic nitrogens is 2. The largest absolute Gasteiger partial charge is 0.373 e. The van der Waals surface area contributed by atoms with Gasteiger partial charge in [-0.3, -0.25) is 9.99 Å². The van der Waals surface area contributed by atoms with Crippen molar-refractivity contribution in [3.05, 3.63) is 11.4 Å². The Labute approximate surface area is 184 Å². The van der Waals surface area contributed by atoms with Crippen molar-refractivity contribution in [1.29, 1.82) is 0 Å². The normalized spacial score (nSPS) is 19.2. The number of hydrogen-bond acceptors (Lipinski definition) is 6. The second-order valence-corrected chi connectivity index (χ2v) is 9.52. The van der Waals surface area contributed by atoms with Crippen LogP contribution in [-0.4, -0.2) is 59.4 Å². The molecule has 1 atom stereocenters.